The topological polar surface area (TPSA) is 49.7 Å². The van der Waals surface area contributed by atoms with Gasteiger partial charge in [-0.1, -0.05) is 13.8 Å². The van der Waals surface area contributed by atoms with Crippen molar-refractivity contribution in [1.82, 2.24) is 0 Å². The first kappa shape index (κ1) is 16.9. The Bertz CT molecular complexity index is 151. The molecule has 0 rings (SSSR count). The van der Waals surface area contributed by atoms with Crippen LogP contribution in [0.5, 0.6) is 0 Å². The van der Waals surface area contributed by atoms with E-state index in [1.807, 2.05) is 13.8 Å². The van der Waals surface area contributed by atoms with Gasteiger partial charge < -0.3 is 14.9 Å². The van der Waals surface area contributed by atoms with Crippen molar-refractivity contribution in [3.63, 3.8) is 0 Å². The number of aliphatic hydroxyl groups excluding tert-OH is 2. The number of aliphatic hydroxyl groups is 2. The Hall–Kier alpha value is -0.120. The van der Waals surface area contributed by atoms with Gasteiger partial charge in [-0.3, -0.25) is 0 Å². The third kappa shape index (κ3) is 9.57. The molecule has 3 nitrogen and oxygen atoms in total. The summed E-state index contributed by atoms with van der Waals surface area (Å²) in [6.07, 6.45) is 3.61. The molecule has 3 heteroatoms. The first-order valence-electron chi connectivity index (χ1n) is 6.89. The molecule has 2 N–H and O–H groups in total. The van der Waals surface area contributed by atoms with Gasteiger partial charge in [0.2, 0.25) is 0 Å². The zero-order valence-electron chi connectivity index (χ0n) is 11.9. The lowest BCUT2D eigenvalue weighted by molar-refractivity contribution is 0.0902. The standard InChI is InChI=1S/C14H30O3/c1-11(13(3)15)7-5-9-17-10-6-8-12(2)14(4)16/h11-16H,5-10H2,1-4H3. The molecular formula is C14H30O3. The van der Waals surface area contributed by atoms with Gasteiger partial charge in [-0.25, -0.2) is 0 Å². The van der Waals surface area contributed by atoms with Gasteiger partial charge in [0.25, 0.3) is 0 Å². The summed E-state index contributed by atoms with van der Waals surface area (Å²) in [6.45, 7) is 9.36. The molecule has 0 fully saturated rings. The molecule has 0 radical (unpaired) electrons. The molecule has 0 saturated heterocycles. The Morgan fingerprint density at radius 3 is 1.41 bits per heavy atom. The third-order valence-corrected chi connectivity index (χ3v) is 3.54. The molecule has 0 spiro atoms. The predicted octanol–water partition coefficient (Wildman–Crippen LogP) is 2.60. The van der Waals surface area contributed by atoms with Crippen molar-refractivity contribution < 1.29 is 14.9 Å². The van der Waals surface area contributed by atoms with E-state index in [0.717, 1.165) is 38.9 Å². The van der Waals surface area contributed by atoms with Crippen LogP contribution in [0.3, 0.4) is 0 Å². The third-order valence-electron chi connectivity index (χ3n) is 3.54. The van der Waals surface area contributed by atoms with E-state index >= 15 is 0 Å². The minimum atomic E-state index is -0.220. The van der Waals surface area contributed by atoms with Crippen LogP contribution in [0.1, 0.15) is 53.4 Å². The maximum Gasteiger partial charge on any atom is 0.0537 e. The quantitative estimate of drug-likeness (QED) is 0.583. The fraction of sp³-hybridized carbons (Fsp3) is 1.00. The number of hydrogen-bond donors (Lipinski definition) is 2. The second-order valence-electron chi connectivity index (χ2n) is 5.33. The van der Waals surface area contributed by atoms with Gasteiger partial charge in [-0.05, 0) is 51.4 Å². The van der Waals surface area contributed by atoms with Gasteiger partial charge in [-0.15, -0.1) is 0 Å². The highest BCUT2D eigenvalue weighted by Crippen LogP contribution is 2.12. The van der Waals surface area contributed by atoms with Crippen LogP contribution in [0.25, 0.3) is 0 Å². The van der Waals surface area contributed by atoms with Gasteiger partial charge in [0.15, 0.2) is 0 Å². The molecule has 0 saturated carbocycles. The summed E-state index contributed by atoms with van der Waals surface area (Å²) in [5.41, 5.74) is 0. The molecule has 0 bridgehead atoms. The van der Waals surface area contributed by atoms with Crippen LogP contribution >= 0.6 is 0 Å². The highest BCUT2D eigenvalue weighted by Gasteiger charge is 2.09. The van der Waals surface area contributed by atoms with Crippen LogP contribution in [0.2, 0.25) is 0 Å². The largest absolute Gasteiger partial charge is 0.393 e. The summed E-state index contributed by atoms with van der Waals surface area (Å²) in [5, 5.41) is 18.6. The van der Waals surface area contributed by atoms with Gasteiger partial charge in [0.05, 0.1) is 12.2 Å². The van der Waals surface area contributed by atoms with Gasteiger partial charge >= 0.3 is 0 Å². The zero-order chi connectivity index (χ0) is 13.3. The van der Waals surface area contributed by atoms with Crippen molar-refractivity contribution in [1.29, 1.82) is 0 Å². The van der Waals surface area contributed by atoms with Crippen LogP contribution in [0, 0.1) is 11.8 Å². The SMILES string of the molecule is CC(O)C(C)CCCOCCCC(C)C(C)O. The van der Waals surface area contributed by atoms with E-state index in [0.29, 0.717) is 11.8 Å². The second kappa shape index (κ2) is 9.86. The number of rotatable bonds is 10. The molecule has 0 aromatic carbocycles. The van der Waals surface area contributed by atoms with Crippen molar-refractivity contribution in [3.8, 4) is 0 Å². The molecule has 104 valence electrons. The number of ether oxygens (including phenoxy) is 1. The molecule has 0 aliphatic carbocycles. The van der Waals surface area contributed by atoms with Gasteiger partial charge in [0, 0.05) is 13.2 Å². The van der Waals surface area contributed by atoms with Crippen LogP contribution in [-0.2, 0) is 4.74 Å². The molecule has 0 aliphatic rings. The average molecular weight is 246 g/mol. The van der Waals surface area contributed by atoms with E-state index in [1.165, 1.54) is 0 Å². The lowest BCUT2D eigenvalue weighted by atomic mass is 10.0. The van der Waals surface area contributed by atoms with E-state index in [-0.39, 0.29) is 12.2 Å². The van der Waals surface area contributed by atoms with Crippen LogP contribution in [-0.4, -0.2) is 35.6 Å². The second-order valence-corrected chi connectivity index (χ2v) is 5.33. The first-order valence-corrected chi connectivity index (χ1v) is 6.89. The summed E-state index contributed by atoms with van der Waals surface area (Å²) in [7, 11) is 0. The maximum absolute atomic E-state index is 9.31. The first-order chi connectivity index (χ1) is 7.95. The smallest absolute Gasteiger partial charge is 0.0537 e. The Labute approximate surface area is 106 Å². The van der Waals surface area contributed by atoms with E-state index < -0.39 is 0 Å². The van der Waals surface area contributed by atoms with E-state index in [4.69, 9.17) is 4.74 Å². The number of hydrogen-bond acceptors (Lipinski definition) is 3. The van der Waals surface area contributed by atoms with Crippen LogP contribution in [0.4, 0.5) is 0 Å². The highest BCUT2D eigenvalue weighted by atomic mass is 16.5. The molecule has 0 amide bonds. The zero-order valence-corrected chi connectivity index (χ0v) is 11.9. The molecule has 0 aromatic heterocycles. The lowest BCUT2D eigenvalue weighted by Crippen LogP contribution is -2.14. The summed E-state index contributed by atoms with van der Waals surface area (Å²) in [4.78, 5) is 0. The highest BCUT2D eigenvalue weighted by molar-refractivity contribution is 4.60. The molecular weight excluding hydrogens is 216 g/mol. The molecule has 0 aliphatic heterocycles. The summed E-state index contributed by atoms with van der Waals surface area (Å²) in [5.74, 6) is 0.711. The van der Waals surface area contributed by atoms with Crippen LogP contribution < -0.4 is 0 Å². The normalized spacial score (nSPS) is 18.7. The van der Waals surface area contributed by atoms with Crippen molar-refractivity contribution >= 4 is 0 Å². The van der Waals surface area contributed by atoms with Gasteiger partial charge in [0.1, 0.15) is 0 Å². The molecule has 0 heterocycles. The van der Waals surface area contributed by atoms with Crippen molar-refractivity contribution in [2.24, 2.45) is 11.8 Å². The molecule has 17 heavy (non-hydrogen) atoms. The Morgan fingerprint density at radius 1 is 0.765 bits per heavy atom. The summed E-state index contributed by atoms with van der Waals surface area (Å²) in [6, 6.07) is 0. The fourth-order valence-corrected chi connectivity index (χ4v) is 1.60. The predicted molar refractivity (Wildman–Crippen MR) is 71.0 cm³/mol. The van der Waals surface area contributed by atoms with Crippen molar-refractivity contribution in [2.75, 3.05) is 13.2 Å². The van der Waals surface area contributed by atoms with Crippen molar-refractivity contribution in [3.05, 3.63) is 0 Å². The van der Waals surface area contributed by atoms with E-state index in [9.17, 15) is 10.2 Å². The molecule has 4 atom stereocenters. The van der Waals surface area contributed by atoms with Gasteiger partial charge in [-0.2, -0.15) is 0 Å². The maximum atomic E-state index is 9.31. The van der Waals surface area contributed by atoms with E-state index in [2.05, 4.69) is 13.8 Å². The van der Waals surface area contributed by atoms with Crippen molar-refractivity contribution in [2.45, 2.75) is 65.6 Å². The Morgan fingerprint density at radius 2 is 1.12 bits per heavy atom. The minimum Gasteiger partial charge on any atom is -0.393 e. The average Bonchev–Trinajstić information content (AvgIpc) is 2.26. The summed E-state index contributed by atoms with van der Waals surface area (Å²) < 4.78 is 5.53. The monoisotopic (exact) mass is 246 g/mol. The van der Waals surface area contributed by atoms with E-state index in [1.54, 1.807) is 0 Å². The Balaban J connectivity index is 3.24. The molecule has 4 unspecified atom stereocenters. The van der Waals surface area contributed by atoms with Crippen LogP contribution in [0.15, 0.2) is 0 Å². The molecule has 0 aromatic rings. The minimum absolute atomic E-state index is 0.220. The summed E-state index contributed by atoms with van der Waals surface area (Å²) >= 11 is 0. The fourth-order valence-electron chi connectivity index (χ4n) is 1.60. The Kier molecular flexibility index (Phi) is 9.79. The lowest BCUT2D eigenvalue weighted by Gasteiger charge is -2.15.